The van der Waals surface area contributed by atoms with Gasteiger partial charge in [-0.25, -0.2) is 4.98 Å². The van der Waals surface area contributed by atoms with Crippen molar-refractivity contribution in [2.24, 2.45) is 4.99 Å². The highest BCUT2D eigenvalue weighted by atomic mass is 127. The number of nitrogens with one attached hydrogen (secondary N) is 2. The van der Waals surface area contributed by atoms with Crippen LogP contribution in [-0.2, 0) is 6.54 Å². The van der Waals surface area contributed by atoms with Gasteiger partial charge in [0.1, 0.15) is 6.26 Å². The van der Waals surface area contributed by atoms with Crippen LogP contribution >= 0.6 is 24.0 Å². The number of likely N-dealkylation sites (tertiary alicyclic amines) is 1. The third kappa shape index (κ3) is 8.34. The average Bonchev–Trinajstić information content (AvgIpc) is 3.23. The van der Waals surface area contributed by atoms with Gasteiger partial charge in [-0.05, 0) is 57.5 Å². The van der Waals surface area contributed by atoms with Gasteiger partial charge in [0.25, 0.3) is 0 Å². The molecule has 6 nitrogen and oxygen atoms in total. The number of hydrogen-bond donors (Lipinski definition) is 2. The van der Waals surface area contributed by atoms with Crippen LogP contribution in [0, 0.1) is 0 Å². The molecule has 0 radical (unpaired) electrons. The zero-order valence-electron chi connectivity index (χ0n) is 17.4. The van der Waals surface area contributed by atoms with Crippen LogP contribution in [0.25, 0.3) is 11.5 Å². The van der Waals surface area contributed by atoms with Crippen LogP contribution in [0.3, 0.4) is 0 Å². The van der Waals surface area contributed by atoms with Gasteiger partial charge in [-0.2, -0.15) is 0 Å². The first-order valence-corrected chi connectivity index (χ1v) is 10.5. The fourth-order valence-electron chi connectivity index (χ4n) is 3.52. The minimum Gasteiger partial charge on any atom is -0.444 e. The van der Waals surface area contributed by atoms with Gasteiger partial charge in [0.2, 0.25) is 5.89 Å². The molecule has 0 aliphatic carbocycles. The normalized spacial score (nSPS) is 15.0. The molecule has 1 fully saturated rings. The summed E-state index contributed by atoms with van der Waals surface area (Å²) in [5, 5.41) is 6.68. The third-order valence-electron chi connectivity index (χ3n) is 5.13. The molecule has 0 bridgehead atoms. The van der Waals surface area contributed by atoms with E-state index in [4.69, 9.17) is 4.42 Å². The molecule has 1 aromatic carbocycles. The molecule has 29 heavy (non-hydrogen) atoms. The van der Waals surface area contributed by atoms with Crippen molar-refractivity contribution >= 4 is 29.9 Å². The van der Waals surface area contributed by atoms with Crippen LogP contribution in [-0.4, -0.2) is 49.1 Å². The van der Waals surface area contributed by atoms with Crippen LogP contribution in [0.2, 0.25) is 0 Å². The van der Waals surface area contributed by atoms with Gasteiger partial charge in [0.15, 0.2) is 5.96 Å². The van der Waals surface area contributed by atoms with E-state index in [1.807, 2.05) is 30.3 Å². The fourth-order valence-corrected chi connectivity index (χ4v) is 3.52. The number of hydrogen-bond acceptors (Lipinski definition) is 4. The lowest BCUT2D eigenvalue weighted by Gasteiger charge is -2.26. The number of aromatic nitrogens is 1. The SMILES string of the molecule is CN=C(NCCCCCN1CCCCC1)NCc1coc(-c2ccccc2)n1.I. The van der Waals surface area contributed by atoms with Gasteiger partial charge in [0, 0.05) is 19.2 Å². The molecule has 2 aromatic rings. The molecule has 7 heteroatoms. The number of piperidine rings is 1. The smallest absolute Gasteiger partial charge is 0.226 e. The van der Waals surface area contributed by atoms with Gasteiger partial charge in [-0.15, -0.1) is 24.0 Å². The van der Waals surface area contributed by atoms with Gasteiger partial charge in [-0.1, -0.05) is 31.0 Å². The molecule has 1 saturated heterocycles. The molecule has 160 valence electrons. The molecule has 0 amide bonds. The Morgan fingerprint density at radius 2 is 1.86 bits per heavy atom. The summed E-state index contributed by atoms with van der Waals surface area (Å²) in [6.45, 7) is 5.37. The Hall–Kier alpha value is -1.61. The monoisotopic (exact) mass is 511 g/mol. The van der Waals surface area contributed by atoms with Crippen LogP contribution in [0.4, 0.5) is 0 Å². The summed E-state index contributed by atoms with van der Waals surface area (Å²) >= 11 is 0. The number of oxazole rings is 1. The lowest BCUT2D eigenvalue weighted by Crippen LogP contribution is -2.37. The standard InChI is InChI=1S/C22H33N5O.HI/c1-23-22(24-13-7-3-8-14-27-15-9-4-10-16-27)25-17-20-18-28-21(26-20)19-11-5-2-6-12-19;/h2,5-6,11-12,18H,3-4,7-10,13-17H2,1H3,(H2,23,24,25);1H. The van der Waals surface area contributed by atoms with Crippen molar-refractivity contribution in [2.45, 2.75) is 45.1 Å². The molecular weight excluding hydrogens is 477 g/mol. The quantitative estimate of drug-likeness (QED) is 0.228. The summed E-state index contributed by atoms with van der Waals surface area (Å²) in [6.07, 6.45) is 9.57. The van der Waals surface area contributed by atoms with Gasteiger partial charge >= 0.3 is 0 Å². The summed E-state index contributed by atoms with van der Waals surface area (Å²) in [6, 6.07) is 9.94. The maximum atomic E-state index is 5.58. The maximum absolute atomic E-state index is 5.58. The van der Waals surface area contributed by atoms with E-state index in [1.54, 1.807) is 13.3 Å². The first kappa shape index (κ1) is 23.7. The van der Waals surface area contributed by atoms with Crippen molar-refractivity contribution in [3.8, 4) is 11.5 Å². The first-order valence-electron chi connectivity index (χ1n) is 10.5. The first-order chi connectivity index (χ1) is 13.8. The molecule has 2 heterocycles. The molecule has 0 spiro atoms. The van der Waals surface area contributed by atoms with E-state index in [0.29, 0.717) is 12.4 Å². The van der Waals surface area contributed by atoms with Crippen LogP contribution in [0.5, 0.6) is 0 Å². The number of rotatable bonds is 9. The summed E-state index contributed by atoms with van der Waals surface area (Å²) in [7, 11) is 1.80. The van der Waals surface area contributed by atoms with Crippen molar-refractivity contribution in [1.82, 2.24) is 20.5 Å². The highest BCUT2D eigenvalue weighted by molar-refractivity contribution is 14.0. The maximum Gasteiger partial charge on any atom is 0.226 e. The summed E-state index contributed by atoms with van der Waals surface area (Å²) in [5.41, 5.74) is 1.85. The van der Waals surface area contributed by atoms with E-state index in [9.17, 15) is 0 Å². The largest absolute Gasteiger partial charge is 0.444 e. The van der Waals surface area contributed by atoms with Crippen molar-refractivity contribution in [3.05, 3.63) is 42.3 Å². The van der Waals surface area contributed by atoms with Crippen LogP contribution < -0.4 is 10.6 Å². The van der Waals surface area contributed by atoms with Crippen molar-refractivity contribution in [2.75, 3.05) is 33.2 Å². The van der Waals surface area contributed by atoms with Crippen molar-refractivity contribution in [1.29, 1.82) is 0 Å². The number of benzene rings is 1. The highest BCUT2D eigenvalue weighted by Crippen LogP contribution is 2.17. The summed E-state index contributed by atoms with van der Waals surface area (Å²) in [4.78, 5) is 11.4. The molecular formula is C22H34IN5O. The predicted octanol–water partition coefficient (Wildman–Crippen LogP) is 4.28. The fraction of sp³-hybridized carbons (Fsp3) is 0.545. The van der Waals surface area contributed by atoms with Gasteiger partial charge in [-0.3, -0.25) is 4.99 Å². The highest BCUT2D eigenvalue weighted by Gasteiger charge is 2.09. The topological polar surface area (TPSA) is 65.7 Å². The Kier molecular flexibility index (Phi) is 11.1. The van der Waals surface area contributed by atoms with Crippen LogP contribution in [0.1, 0.15) is 44.2 Å². The lowest BCUT2D eigenvalue weighted by molar-refractivity contribution is 0.224. The number of aliphatic imine (C=N–C) groups is 1. The van der Waals surface area contributed by atoms with Crippen LogP contribution in [0.15, 0.2) is 46.0 Å². The molecule has 0 atom stereocenters. The molecule has 1 aromatic heterocycles. The van der Waals surface area contributed by atoms with E-state index in [1.165, 1.54) is 51.7 Å². The Morgan fingerprint density at radius 1 is 1.07 bits per heavy atom. The Balaban J connectivity index is 0.00000300. The zero-order chi connectivity index (χ0) is 19.4. The van der Waals surface area contributed by atoms with E-state index in [2.05, 4.69) is 25.5 Å². The van der Waals surface area contributed by atoms with E-state index >= 15 is 0 Å². The number of guanidine groups is 1. The average molecular weight is 511 g/mol. The second kappa shape index (κ2) is 13.6. The second-order valence-electron chi connectivity index (χ2n) is 7.33. The number of nitrogens with zero attached hydrogens (tertiary/aromatic N) is 3. The van der Waals surface area contributed by atoms with E-state index < -0.39 is 0 Å². The van der Waals surface area contributed by atoms with E-state index in [-0.39, 0.29) is 24.0 Å². The van der Waals surface area contributed by atoms with E-state index in [0.717, 1.165) is 30.2 Å². The Bertz CT molecular complexity index is 713. The third-order valence-corrected chi connectivity index (χ3v) is 5.13. The minimum absolute atomic E-state index is 0. The Labute approximate surface area is 191 Å². The predicted molar refractivity (Wildman–Crippen MR) is 130 cm³/mol. The lowest BCUT2D eigenvalue weighted by atomic mass is 10.1. The molecule has 0 unspecified atom stereocenters. The minimum atomic E-state index is 0. The zero-order valence-corrected chi connectivity index (χ0v) is 19.7. The second-order valence-corrected chi connectivity index (χ2v) is 7.33. The number of unbranched alkanes of at least 4 members (excludes halogenated alkanes) is 2. The van der Waals surface area contributed by atoms with Crippen molar-refractivity contribution < 1.29 is 4.42 Å². The van der Waals surface area contributed by atoms with Gasteiger partial charge in [0.05, 0.1) is 12.2 Å². The molecule has 0 saturated carbocycles. The molecule has 3 rings (SSSR count). The number of halogens is 1. The summed E-state index contributed by atoms with van der Waals surface area (Å²) < 4.78 is 5.58. The summed E-state index contributed by atoms with van der Waals surface area (Å²) in [5.74, 6) is 1.45. The van der Waals surface area contributed by atoms with Crippen molar-refractivity contribution in [3.63, 3.8) is 0 Å². The molecule has 1 aliphatic heterocycles. The molecule has 1 aliphatic rings. The Morgan fingerprint density at radius 3 is 2.62 bits per heavy atom. The molecule has 2 N–H and O–H groups in total. The van der Waals surface area contributed by atoms with Gasteiger partial charge < -0.3 is 20.0 Å².